The lowest BCUT2D eigenvalue weighted by Gasteiger charge is -2.16. The molecular formula is C11H25N. The van der Waals surface area contributed by atoms with Crippen LogP contribution in [0, 0.1) is 11.8 Å². The van der Waals surface area contributed by atoms with Gasteiger partial charge in [-0.3, -0.25) is 0 Å². The topological polar surface area (TPSA) is 26.0 Å². The summed E-state index contributed by atoms with van der Waals surface area (Å²) in [5.41, 5.74) is 5.70. The van der Waals surface area contributed by atoms with E-state index in [0.717, 1.165) is 11.8 Å². The van der Waals surface area contributed by atoms with E-state index >= 15 is 0 Å². The summed E-state index contributed by atoms with van der Waals surface area (Å²) in [6.45, 7) is 9.04. The fourth-order valence-electron chi connectivity index (χ4n) is 1.52. The summed E-state index contributed by atoms with van der Waals surface area (Å²) in [7, 11) is 0. The Kier molecular flexibility index (Phi) is 6.45. The van der Waals surface area contributed by atoms with Gasteiger partial charge >= 0.3 is 0 Å². The molecule has 0 rings (SSSR count). The molecule has 0 amide bonds. The predicted molar refractivity (Wildman–Crippen MR) is 56.1 cm³/mol. The third-order valence-electron chi connectivity index (χ3n) is 2.62. The molecule has 3 atom stereocenters. The summed E-state index contributed by atoms with van der Waals surface area (Å²) < 4.78 is 0. The molecule has 12 heavy (non-hydrogen) atoms. The van der Waals surface area contributed by atoms with Gasteiger partial charge in [-0.05, 0) is 38.0 Å². The first-order valence-corrected chi connectivity index (χ1v) is 5.31. The first kappa shape index (κ1) is 12.0. The molecule has 0 aromatic heterocycles. The van der Waals surface area contributed by atoms with E-state index in [2.05, 4.69) is 27.7 Å². The van der Waals surface area contributed by atoms with Gasteiger partial charge in [0.25, 0.3) is 0 Å². The third-order valence-corrected chi connectivity index (χ3v) is 2.62. The monoisotopic (exact) mass is 171 g/mol. The molecule has 0 aliphatic rings. The van der Waals surface area contributed by atoms with Crippen LogP contribution in [0.25, 0.3) is 0 Å². The average molecular weight is 171 g/mol. The lowest BCUT2D eigenvalue weighted by atomic mass is 9.91. The normalized spacial score (nSPS) is 18.8. The van der Waals surface area contributed by atoms with E-state index in [1.807, 2.05) is 0 Å². The van der Waals surface area contributed by atoms with Crippen molar-refractivity contribution in [3.8, 4) is 0 Å². The Hall–Kier alpha value is -0.0400. The van der Waals surface area contributed by atoms with Crippen LogP contribution in [0.1, 0.15) is 53.4 Å². The first-order valence-electron chi connectivity index (χ1n) is 5.31. The van der Waals surface area contributed by atoms with Crippen molar-refractivity contribution in [1.29, 1.82) is 0 Å². The van der Waals surface area contributed by atoms with Crippen molar-refractivity contribution in [2.45, 2.75) is 59.4 Å². The van der Waals surface area contributed by atoms with Crippen LogP contribution in [0.2, 0.25) is 0 Å². The van der Waals surface area contributed by atoms with Crippen molar-refractivity contribution in [2.75, 3.05) is 0 Å². The highest BCUT2D eigenvalue weighted by atomic mass is 14.6. The van der Waals surface area contributed by atoms with Crippen LogP contribution in [0.15, 0.2) is 0 Å². The zero-order chi connectivity index (χ0) is 9.56. The lowest BCUT2D eigenvalue weighted by molar-refractivity contribution is 0.371. The molecular weight excluding hydrogens is 146 g/mol. The second-order valence-corrected chi connectivity index (χ2v) is 4.41. The molecule has 0 saturated carbocycles. The van der Waals surface area contributed by atoms with Crippen LogP contribution >= 0.6 is 0 Å². The molecule has 74 valence electrons. The van der Waals surface area contributed by atoms with Crippen molar-refractivity contribution in [3.05, 3.63) is 0 Å². The maximum absolute atomic E-state index is 5.70. The molecule has 1 heteroatoms. The molecule has 0 aliphatic heterocycles. The SMILES string of the molecule is CCC(C)CC(C)CCC(C)N. The molecule has 0 aliphatic carbocycles. The summed E-state index contributed by atoms with van der Waals surface area (Å²) in [6, 6.07) is 0.379. The van der Waals surface area contributed by atoms with Crippen LogP contribution in [-0.4, -0.2) is 6.04 Å². The summed E-state index contributed by atoms with van der Waals surface area (Å²) >= 11 is 0. The summed E-state index contributed by atoms with van der Waals surface area (Å²) in [5, 5.41) is 0. The maximum atomic E-state index is 5.70. The van der Waals surface area contributed by atoms with Gasteiger partial charge in [-0.15, -0.1) is 0 Å². The van der Waals surface area contributed by atoms with Crippen LogP contribution in [0.4, 0.5) is 0 Å². The highest BCUT2D eigenvalue weighted by Gasteiger charge is 2.07. The highest BCUT2D eigenvalue weighted by molar-refractivity contribution is 4.61. The van der Waals surface area contributed by atoms with Gasteiger partial charge in [0.15, 0.2) is 0 Å². The Morgan fingerprint density at radius 1 is 1.00 bits per heavy atom. The number of nitrogens with two attached hydrogens (primary N) is 1. The van der Waals surface area contributed by atoms with Crippen LogP contribution in [0.3, 0.4) is 0 Å². The van der Waals surface area contributed by atoms with Crippen molar-refractivity contribution < 1.29 is 0 Å². The molecule has 0 fully saturated rings. The largest absolute Gasteiger partial charge is 0.328 e. The fraction of sp³-hybridized carbons (Fsp3) is 1.00. The molecule has 0 spiro atoms. The zero-order valence-electron chi connectivity index (χ0n) is 9.14. The van der Waals surface area contributed by atoms with E-state index < -0.39 is 0 Å². The van der Waals surface area contributed by atoms with Crippen molar-refractivity contribution in [3.63, 3.8) is 0 Å². The quantitative estimate of drug-likeness (QED) is 0.652. The Bertz CT molecular complexity index is 99.2. The summed E-state index contributed by atoms with van der Waals surface area (Å²) in [6.07, 6.45) is 5.14. The van der Waals surface area contributed by atoms with E-state index in [0.29, 0.717) is 6.04 Å². The molecule has 0 heterocycles. The maximum Gasteiger partial charge on any atom is 0.00105 e. The second kappa shape index (κ2) is 6.47. The number of hydrogen-bond acceptors (Lipinski definition) is 1. The number of rotatable bonds is 6. The van der Waals surface area contributed by atoms with Crippen LogP contribution in [-0.2, 0) is 0 Å². The smallest absolute Gasteiger partial charge is 0.00105 e. The first-order chi connectivity index (χ1) is 5.56. The van der Waals surface area contributed by atoms with Crippen LogP contribution in [0.5, 0.6) is 0 Å². The fourth-order valence-corrected chi connectivity index (χ4v) is 1.52. The minimum atomic E-state index is 0.379. The molecule has 2 N–H and O–H groups in total. The Labute approximate surface area is 77.7 Å². The summed E-state index contributed by atoms with van der Waals surface area (Å²) in [4.78, 5) is 0. The van der Waals surface area contributed by atoms with Gasteiger partial charge in [0.2, 0.25) is 0 Å². The van der Waals surface area contributed by atoms with Crippen molar-refractivity contribution in [1.82, 2.24) is 0 Å². The van der Waals surface area contributed by atoms with E-state index in [1.165, 1.54) is 25.7 Å². The van der Waals surface area contributed by atoms with Gasteiger partial charge in [-0.1, -0.05) is 27.2 Å². The zero-order valence-corrected chi connectivity index (χ0v) is 9.14. The van der Waals surface area contributed by atoms with Gasteiger partial charge < -0.3 is 5.73 Å². The molecule has 0 aromatic carbocycles. The minimum absolute atomic E-state index is 0.379. The Morgan fingerprint density at radius 2 is 1.58 bits per heavy atom. The third kappa shape index (κ3) is 6.66. The Balaban J connectivity index is 3.39. The molecule has 0 radical (unpaired) electrons. The van der Waals surface area contributed by atoms with Gasteiger partial charge in [-0.25, -0.2) is 0 Å². The van der Waals surface area contributed by atoms with Crippen molar-refractivity contribution >= 4 is 0 Å². The molecule has 3 unspecified atom stereocenters. The highest BCUT2D eigenvalue weighted by Crippen LogP contribution is 2.19. The average Bonchev–Trinajstić information content (AvgIpc) is 2.00. The molecule has 0 bridgehead atoms. The lowest BCUT2D eigenvalue weighted by Crippen LogP contribution is -2.16. The van der Waals surface area contributed by atoms with E-state index in [-0.39, 0.29) is 0 Å². The van der Waals surface area contributed by atoms with E-state index in [4.69, 9.17) is 5.73 Å². The molecule has 0 saturated heterocycles. The minimum Gasteiger partial charge on any atom is -0.328 e. The van der Waals surface area contributed by atoms with E-state index in [1.54, 1.807) is 0 Å². The number of hydrogen-bond donors (Lipinski definition) is 1. The van der Waals surface area contributed by atoms with Crippen LogP contribution < -0.4 is 5.73 Å². The summed E-state index contributed by atoms with van der Waals surface area (Å²) in [5.74, 6) is 1.74. The van der Waals surface area contributed by atoms with Gasteiger partial charge in [0.1, 0.15) is 0 Å². The van der Waals surface area contributed by atoms with Crippen molar-refractivity contribution in [2.24, 2.45) is 17.6 Å². The molecule has 0 aromatic rings. The van der Waals surface area contributed by atoms with Gasteiger partial charge in [-0.2, -0.15) is 0 Å². The van der Waals surface area contributed by atoms with E-state index in [9.17, 15) is 0 Å². The molecule has 1 nitrogen and oxygen atoms in total. The second-order valence-electron chi connectivity index (χ2n) is 4.41. The van der Waals surface area contributed by atoms with Gasteiger partial charge in [0.05, 0.1) is 0 Å². The predicted octanol–water partition coefficient (Wildman–Crippen LogP) is 3.19. The standard InChI is InChI=1S/C11H25N/c1-5-9(2)8-10(3)6-7-11(4)12/h9-11H,5-8,12H2,1-4H3. The Morgan fingerprint density at radius 3 is 2.00 bits per heavy atom. The van der Waals surface area contributed by atoms with Gasteiger partial charge in [0, 0.05) is 6.04 Å².